The predicted molar refractivity (Wildman–Crippen MR) is 131 cm³/mol. The van der Waals surface area contributed by atoms with Crippen molar-refractivity contribution in [1.82, 2.24) is 0 Å². The van der Waals surface area contributed by atoms with E-state index in [1.165, 1.54) is 30.0 Å². The smallest absolute Gasteiger partial charge is 0.320 e. The second kappa shape index (κ2) is 8.69. The number of ether oxygens (including phenoxy) is 1. The summed E-state index contributed by atoms with van der Waals surface area (Å²) in [6.45, 7) is 19.3. The summed E-state index contributed by atoms with van der Waals surface area (Å²) in [6, 6.07) is 12.2. The van der Waals surface area contributed by atoms with E-state index in [-0.39, 0.29) is 23.2 Å². The molecule has 0 aromatic heterocycles. The zero-order valence-electron chi connectivity index (χ0n) is 20.6. The molecule has 0 spiro atoms. The van der Waals surface area contributed by atoms with E-state index in [0.717, 1.165) is 23.1 Å². The number of fused-ring (bicyclic) bond motifs is 1. The topological polar surface area (TPSA) is 43.4 Å². The van der Waals surface area contributed by atoms with Gasteiger partial charge in [-0.15, -0.1) is 0 Å². The van der Waals surface area contributed by atoms with Crippen molar-refractivity contribution in [3.05, 3.63) is 76.4 Å². The van der Waals surface area contributed by atoms with Crippen LogP contribution < -0.4 is 0 Å². The molecule has 0 bridgehead atoms. The van der Waals surface area contributed by atoms with Crippen LogP contribution in [0.25, 0.3) is 5.57 Å². The maximum Gasteiger partial charge on any atom is 0.320 e. The van der Waals surface area contributed by atoms with Crippen LogP contribution in [0.15, 0.2) is 43.0 Å². The molecule has 0 fully saturated rings. The molecule has 3 heteroatoms. The molecule has 170 valence electrons. The SMILES string of the molecule is C=C(c1ccc(C(C(C)=O)C(=O)OCC)cc1)c1cc2c(cc1C)C(C)(C)CCC2(C)C. The molecule has 3 rings (SSSR count). The molecule has 0 saturated carbocycles. The predicted octanol–water partition coefficient (Wildman–Crippen LogP) is 6.64. The molecule has 1 unspecified atom stereocenters. The highest BCUT2D eigenvalue weighted by Gasteiger charge is 2.37. The van der Waals surface area contributed by atoms with Crippen LogP contribution in [0.2, 0.25) is 0 Å². The fourth-order valence-corrected chi connectivity index (χ4v) is 4.84. The van der Waals surface area contributed by atoms with Gasteiger partial charge in [-0.25, -0.2) is 0 Å². The molecule has 1 atom stereocenters. The molecule has 1 aliphatic rings. The molecule has 2 aromatic carbocycles. The monoisotopic (exact) mass is 432 g/mol. The van der Waals surface area contributed by atoms with Crippen LogP contribution in [0.5, 0.6) is 0 Å². The second-order valence-electron chi connectivity index (χ2n) is 10.4. The number of esters is 1. The van der Waals surface area contributed by atoms with E-state index >= 15 is 0 Å². The standard InChI is InChI=1S/C29H36O3/c1-9-32-27(31)26(20(4)30)22-12-10-21(11-13-22)19(3)23-17-25-24(16-18(23)2)28(5,6)14-15-29(25,7)8/h10-13,16-17,26H,3,9,14-15H2,1-2,4-8H3. The van der Waals surface area contributed by atoms with Crippen molar-refractivity contribution in [2.24, 2.45) is 0 Å². The fourth-order valence-electron chi connectivity index (χ4n) is 4.84. The van der Waals surface area contributed by atoms with Gasteiger partial charge in [0.25, 0.3) is 0 Å². The lowest BCUT2D eigenvalue weighted by Crippen LogP contribution is -2.34. The molecule has 0 saturated heterocycles. The number of benzene rings is 2. The Kier molecular flexibility index (Phi) is 6.51. The van der Waals surface area contributed by atoms with Gasteiger partial charge in [0.15, 0.2) is 0 Å². The Hall–Kier alpha value is -2.68. The first-order chi connectivity index (χ1) is 14.9. The van der Waals surface area contributed by atoms with Crippen LogP contribution in [-0.2, 0) is 25.2 Å². The van der Waals surface area contributed by atoms with E-state index in [2.05, 4.69) is 53.3 Å². The van der Waals surface area contributed by atoms with Crippen molar-refractivity contribution in [3.63, 3.8) is 0 Å². The Morgan fingerprint density at radius 1 is 1.00 bits per heavy atom. The van der Waals surface area contributed by atoms with E-state index in [1.807, 2.05) is 24.3 Å². The first-order valence-electron chi connectivity index (χ1n) is 11.5. The summed E-state index contributed by atoms with van der Waals surface area (Å²) in [4.78, 5) is 24.3. The highest BCUT2D eigenvalue weighted by molar-refractivity contribution is 6.03. The third kappa shape index (κ3) is 4.44. The highest BCUT2D eigenvalue weighted by Crippen LogP contribution is 2.47. The number of ketones is 1. The fraction of sp³-hybridized carbons (Fsp3) is 0.448. The highest BCUT2D eigenvalue weighted by atomic mass is 16.5. The van der Waals surface area contributed by atoms with Crippen LogP contribution >= 0.6 is 0 Å². The Balaban J connectivity index is 1.98. The Morgan fingerprint density at radius 3 is 2.03 bits per heavy atom. The van der Waals surface area contributed by atoms with Crippen LogP contribution in [0.4, 0.5) is 0 Å². The van der Waals surface area contributed by atoms with Crippen molar-refractivity contribution in [3.8, 4) is 0 Å². The Labute approximate surface area is 192 Å². The summed E-state index contributed by atoms with van der Waals surface area (Å²) in [5.74, 6) is -1.60. The van der Waals surface area contributed by atoms with E-state index in [4.69, 9.17) is 4.74 Å². The molecule has 32 heavy (non-hydrogen) atoms. The maximum absolute atomic E-state index is 12.3. The molecular formula is C29H36O3. The Morgan fingerprint density at radius 2 is 1.53 bits per heavy atom. The first kappa shape index (κ1) is 24.0. The van der Waals surface area contributed by atoms with E-state index in [9.17, 15) is 9.59 Å². The van der Waals surface area contributed by atoms with Crippen LogP contribution in [0.1, 0.15) is 93.7 Å². The summed E-state index contributed by atoms with van der Waals surface area (Å²) < 4.78 is 5.09. The summed E-state index contributed by atoms with van der Waals surface area (Å²) in [6.07, 6.45) is 2.35. The molecular weight excluding hydrogens is 396 g/mol. The van der Waals surface area contributed by atoms with Crippen molar-refractivity contribution in [2.75, 3.05) is 6.61 Å². The lowest BCUT2D eigenvalue weighted by molar-refractivity contribution is -0.147. The third-order valence-corrected chi connectivity index (χ3v) is 7.04. The summed E-state index contributed by atoms with van der Waals surface area (Å²) >= 11 is 0. The molecule has 0 N–H and O–H groups in total. The minimum absolute atomic E-state index is 0.131. The van der Waals surface area contributed by atoms with Gasteiger partial charge in [-0.3, -0.25) is 9.59 Å². The van der Waals surface area contributed by atoms with E-state index in [1.54, 1.807) is 6.92 Å². The number of rotatable bonds is 6. The maximum atomic E-state index is 12.3. The zero-order valence-corrected chi connectivity index (χ0v) is 20.6. The quantitative estimate of drug-likeness (QED) is 0.379. The minimum Gasteiger partial charge on any atom is -0.465 e. The van der Waals surface area contributed by atoms with Crippen molar-refractivity contribution in [1.29, 1.82) is 0 Å². The molecule has 0 amide bonds. The number of hydrogen-bond acceptors (Lipinski definition) is 3. The van der Waals surface area contributed by atoms with Gasteiger partial charge in [0.2, 0.25) is 0 Å². The molecule has 0 heterocycles. The molecule has 2 aromatic rings. The number of aryl methyl sites for hydroxylation is 1. The van der Waals surface area contributed by atoms with Gasteiger partial charge in [-0.05, 0) is 83.4 Å². The van der Waals surface area contributed by atoms with Crippen molar-refractivity contribution in [2.45, 2.75) is 78.1 Å². The van der Waals surface area contributed by atoms with Crippen molar-refractivity contribution < 1.29 is 14.3 Å². The van der Waals surface area contributed by atoms with Crippen LogP contribution in [0.3, 0.4) is 0 Å². The number of carbonyl (C=O) groups is 2. The second-order valence-corrected chi connectivity index (χ2v) is 10.4. The largest absolute Gasteiger partial charge is 0.465 e. The zero-order chi connectivity index (χ0) is 23.8. The van der Waals surface area contributed by atoms with Gasteiger partial charge in [0, 0.05) is 0 Å². The summed E-state index contributed by atoms with van der Waals surface area (Å²) in [7, 11) is 0. The lowest BCUT2D eigenvalue weighted by atomic mass is 9.62. The van der Waals surface area contributed by atoms with Crippen LogP contribution in [0, 0.1) is 6.92 Å². The van der Waals surface area contributed by atoms with Crippen molar-refractivity contribution >= 4 is 17.3 Å². The Bertz CT molecular complexity index is 1050. The number of carbonyl (C=O) groups excluding carboxylic acids is 2. The average Bonchev–Trinajstić information content (AvgIpc) is 2.71. The summed E-state index contributed by atoms with van der Waals surface area (Å²) in [5, 5.41) is 0. The average molecular weight is 433 g/mol. The first-order valence-corrected chi connectivity index (χ1v) is 11.5. The van der Waals surface area contributed by atoms with Crippen LogP contribution in [-0.4, -0.2) is 18.4 Å². The van der Waals surface area contributed by atoms with E-state index in [0.29, 0.717) is 5.56 Å². The summed E-state index contributed by atoms with van der Waals surface area (Å²) in [5.41, 5.74) is 8.10. The molecule has 0 radical (unpaired) electrons. The molecule has 3 nitrogen and oxygen atoms in total. The van der Waals surface area contributed by atoms with Gasteiger partial charge < -0.3 is 4.74 Å². The number of hydrogen-bond donors (Lipinski definition) is 0. The van der Waals surface area contributed by atoms with E-state index < -0.39 is 11.9 Å². The lowest BCUT2D eigenvalue weighted by Gasteiger charge is -2.42. The molecule has 1 aliphatic carbocycles. The van der Waals surface area contributed by atoms with Gasteiger partial charge >= 0.3 is 5.97 Å². The number of Topliss-reactive ketones (excluding diaryl/α,β-unsaturated/α-hetero) is 1. The third-order valence-electron chi connectivity index (χ3n) is 7.04. The molecule has 0 aliphatic heterocycles. The van der Waals surface area contributed by atoms with Gasteiger partial charge in [-0.2, -0.15) is 0 Å². The normalized spacial score (nSPS) is 17.2. The van der Waals surface area contributed by atoms with Gasteiger partial charge in [0.05, 0.1) is 6.61 Å². The van der Waals surface area contributed by atoms with Gasteiger partial charge in [-0.1, -0.05) is 70.7 Å². The minimum atomic E-state index is -0.884. The van der Waals surface area contributed by atoms with Gasteiger partial charge in [0.1, 0.15) is 11.7 Å².